The van der Waals surface area contributed by atoms with Crippen molar-refractivity contribution in [1.82, 2.24) is 30.1 Å². The number of tetrazole rings is 1. The number of nitrogens with zero attached hydrogens (tertiary/aromatic N) is 8. The van der Waals surface area contributed by atoms with E-state index >= 15 is 0 Å². The third-order valence-electron chi connectivity index (χ3n) is 7.25. The van der Waals surface area contributed by atoms with E-state index in [4.69, 9.17) is 9.72 Å². The number of para-hydroxylation sites is 1. The summed E-state index contributed by atoms with van der Waals surface area (Å²) in [7, 11) is 5.80. The third kappa shape index (κ3) is 5.30. The minimum absolute atomic E-state index is 0.0630. The van der Waals surface area contributed by atoms with Gasteiger partial charge >= 0.3 is 0 Å². The van der Waals surface area contributed by atoms with E-state index in [-0.39, 0.29) is 6.04 Å². The Hall–Kier alpha value is -4.02. The first-order valence-corrected chi connectivity index (χ1v) is 13.9. The van der Waals surface area contributed by atoms with Gasteiger partial charge in [0.1, 0.15) is 5.75 Å². The van der Waals surface area contributed by atoms with Crippen molar-refractivity contribution in [1.29, 1.82) is 0 Å². The lowest BCUT2D eigenvalue weighted by molar-refractivity contribution is 0.201. The Labute approximate surface area is 232 Å². The summed E-state index contributed by atoms with van der Waals surface area (Å²) >= 11 is 1.76. The summed E-state index contributed by atoms with van der Waals surface area (Å²) in [5, 5.41) is 14.2. The van der Waals surface area contributed by atoms with Gasteiger partial charge < -0.3 is 14.5 Å². The predicted octanol–water partition coefficient (Wildman–Crippen LogP) is 4.32. The largest absolute Gasteiger partial charge is 0.497 e. The highest BCUT2D eigenvalue weighted by atomic mass is 32.1. The lowest BCUT2D eigenvalue weighted by atomic mass is 10.0. The maximum Gasteiger partial charge on any atom is 0.186 e. The van der Waals surface area contributed by atoms with Crippen LogP contribution < -0.4 is 14.5 Å². The molecule has 5 aromatic rings. The molecule has 39 heavy (non-hydrogen) atoms. The number of aromatic nitrogens is 5. The van der Waals surface area contributed by atoms with Crippen molar-refractivity contribution in [3.8, 4) is 5.75 Å². The maximum absolute atomic E-state index is 5.32. The first-order valence-electron chi connectivity index (χ1n) is 13.1. The number of thiazole rings is 1. The standard InChI is InChI=1S/C29H32N8OS/c1-34(2)23-12-10-22(11-13-23)27(28-31-32-33-37(28)20-21-8-14-24(38-3)15-9-21)35-16-18-36(19-17-35)29-30-25-6-4-5-7-26(25)39-29/h4-15,27H,16-20H2,1-3H3/t27-/m1/s1. The molecule has 1 atom stereocenters. The molecule has 0 amide bonds. The minimum Gasteiger partial charge on any atom is -0.497 e. The van der Waals surface area contributed by atoms with Gasteiger partial charge in [-0.25, -0.2) is 9.67 Å². The van der Waals surface area contributed by atoms with Gasteiger partial charge in [-0.15, -0.1) is 5.10 Å². The first-order chi connectivity index (χ1) is 19.1. The van der Waals surface area contributed by atoms with Crippen LogP contribution in [-0.4, -0.2) is 77.5 Å². The van der Waals surface area contributed by atoms with Crippen LogP contribution in [0.3, 0.4) is 0 Å². The molecule has 1 aliphatic heterocycles. The van der Waals surface area contributed by atoms with Crippen molar-refractivity contribution in [3.63, 3.8) is 0 Å². The number of fused-ring (bicyclic) bond motifs is 1. The minimum atomic E-state index is -0.0630. The predicted molar refractivity (Wildman–Crippen MR) is 156 cm³/mol. The van der Waals surface area contributed by atoms with Crippen LogP contribution in [0, 0.1) is 0 Å². The zero-order chi connectivity index (χ0) is 26.8. The van der Waals surface area contributed by atoms with Crippen LogP contribution in [0.4, 0.5) is 10.8 Å². The molecule has 1 saturated heterocycles. The van der Waals surface area contributed by atoms with E-state index < -0.39 is 0 Å². The molecule has 9 nitrogen and oxygen atoms in total. The highest BCUT2D eigenvalue weighted by Gasteiger charge is 2.31. The highest BCUT2D eigenvalue weighted by molar-refractivity contribution is 7.22. The highest BCUT2D eigenvalue weighted by Crippen LogP contribution is 2.33. The lowest BCUT2D eigenvalue weighted by Crippen LogP contribution is -2.48. The van der Waals surface area contributed by atoms with Crippen molar-refractivity contribution >= 4 is 32.4 Å². The Balaban J connectivity index is 1.27. The Kier molecular flexibility index (Phi) is 7.12. The molecule has 10 heteroatoms. The molecule has 0 spiro atoms. The Morgan fingerprint density at radius 1 is 0.923 bits per heavy atom. The van der Waals surface area contributed by atoms with Crippen molar-refractivity contribution in [2.75, 3.05) is 57.2 Å². The van der Waals surface area contributed by atoms with E-state index in [1.165, 1.54) is 10.3 Å². The van der Waals surface area contributed by atoms with Gasteiger partial charge in [-0.3, -0.25) is 4.90 Å². The number of piperazine rings is 1. The molecular weight excluding hydrogens is 508 g/mol. The van der Waals surface area contributed by atoms with Crippen LogP contribution in [0.25, 0.3) is 10.2 Å². The van der Waals surface area contributed by atoms with Crippen molar-refractivity contribution < 1.29 is 4.74 Å². The molecule has 0 saturated carbocycles. The number of hydrogen-bond donors (Lipinski definition) is 0. The first kappa shape index (κ1) is 25.3. The molecule has 1 aliphatic rings. The van der Waals surface area contributed by atoms with E-state index in [0.717, 1.165) is 59.7 Å². The third-order valence-corrected chi connectivity index (χ3v) is 8.35. The van der Waals surface area contributed by atoms with Crippen LogP contribution in [0.2, 0.25) is 0 Å². The monoisotopic (exact) mass is 540 g/mol. The molecule has 0 N–H and O–H groups in total. The molecule has 6 rings (SSSR count). The van der Waals surface area contributed by atoms with Gasteiger partial charge in [-0.05, 0) is 58.0 Å². The van der Waals surface area contributed by atoms with Gasteiger partial charge in [-0.2, -0.15) is 0 Å². The molecule has 0 radical (unpaired) electrons. The van der Waals surface area contributed by atoms with Crippen molar-refractivity contribution in [2.45, 2.75) is 12.6 Å². The zero-order valence-electron chi connectivity index (χ0n) is 22.4. The second kappa shape index (κ2) is 11.0. The topological polar surface area (TPSA) is 75.4 Å². The van der Waals surface area contributed by atoms with Crippen LogP contribution >= 0.6 is 11.3 Å². The summed E-state index contributed by atoms with van der Waals surface area (Å²) in [6.45, 7) is 4.14. The summed E-state index contributed by atoms with van der Waals surface area (Å²) in [4.78, 5) is 11.9. The zero-order valence-corrected chi connectivity index (χ0v) is 23.3. The lowest BCUT2D eigenvalue weighted by Gasteiger charge is -2.39. The SMILES string of the molecule is COc1ccc(Cn2nnnc2[C@@H](c2ccc(N(C)C)cc2)N2CCN(c3nc4ccccc4s3)CC2)cc1. The molecule has 3 heterocycles. The van der Waals surface area contributed by atoms with Gasteiger partial charge in [-0.1, -0.05) is 47.7 Å². The normalized spacial score (nSPS) is 15.0. The van der Waals surface area contributed by atoms with Crippen molar-refractivity contribution in [3.05, 3.63) is 89.7 Å². The maximum atomic E-state index is 5.32. The molecule has 0 unspecified atom stereocenters. The number of hydrogen-bond acceptors (Lipinski definition) is 9. The fourth-order valence-electron chi connectivity index (χ4n) is 5.07. The van der Waals surface area contributed by atoms with Gasteiger partial charge in [0.25, 0.3) is 0 Å². The average molecular weight is 541 g/mol. The Morgan fingerprint density at radius 3 is 2.36 bits per heavy atom. The molecule has 1 fully saturated rings. The van der Waals surface area contributed by atoms with E-state index in [1.807, 2.05) is 22.9 Å². The summed E-state index contributed by atoms with van der Waals surface area (Å²) in [5.74, 6) is 1.68. The van der Waals surface area contributed by atoms with E-state index in [2.05, 4.69) is 98.9 Å². The number of anilines is 2. The van der Waals surface area contributed by atoms with Crippen LogP contribution in [-0.2, 0) is 6.54 Å². The van der Waals surface area contributed by atoms with E-state index in [1.54, 1.807) is 18.4 Å². The van der Waals surface area contributed by atoms with Gasteiger partial charge in [0.15, 0.2) is 11.0 Å². The Bertz CT molecular complexity index is 1490. The number of ether oxygens (including phenoxy) is 1. The summed E-state index contributed by atoms with van der Waals surface area (Å²) in [6, 6.07) is 25.1. The number of benzene rings is 3. The fourth-order valence-corrected chi connectivity index (χ4v) is 6.09. The molecule has 0 aliphatic carbocycles. The van der Waals surface area contributed by atoms with Crippen LogP contribution in [0.5, 0.6) is 5.75 Å². The average Bonchev–Trinajstić information content (AvgIpc) is 3.61. The van der Waals surface area contributed by atoms with E-state index in [0.29, 0.717) is 6.54 Å². The summed E-state index contributed by atoms with van der Waals surface area (Å²) in [5.41, 5.74) is 4.53. The van der Waals surface area contributed by atoms with Gasteiger partial charge in [0, 0.05) is 46.0 Å². The molecule has 2 aromatic heterocycles. The molecular formula is C29H32N8OS. The molecule has 0 bridgehead atoms. The second-order valence-corrected chi connectivity index (χ2v) is 10.9. The number of methoxy groups -OCH3 is 1. The summed E-state index contributed by atoms with van der Waals surface area (Å²) < 4.78 is 8.47. The fraction of sp³-hybridized carbons (Fsp3) is 0.310. The van der Waals surface area contributed by atoms with Gasteiger partial charge in [0.05, 0.1) is 29.9 Å². The number of rotatable bonds is 8. The summed E-state index contributed by atoms with van der Waals surface area (Å²) in [6.07, 6.45) is 0. The quantitative estimate of drug-likeness (QED) is 0.288. The van der Waals surface area contributed by atoms with E-state index in [9.17, 15) is 0 Å². The second-order valence-electron chi connectivity index (χ2n) is 9.92. The Morgan fingerprint density at radius 2 is 1.67 bits per heavy atom. The van der Waals surface area contributed by atoms with Crippen LogP contribution in [0.1, 0.15) is 23.0 Å². The molecule has 200 valence electrons. The smallest absolute Gasteiger partial charge is 0.186 e. The van der Waals surface area contributed by atoms with Crippen LogP contribution in [0.15, 0.2) is 72.8 Å². The van der Waals surface area contributed by atoms with Gasteiger partial charge in [0.2, 0.25) is 0 Å². The molecule has 3 aromatic carbocycles. The van der Waals surface area contributed by atoms with Crippen molar-refractivity contribution in [2.24, 2.45) is 0 Å².